The fraction of sp³-hybridized carbons (Fsp3) is 0.476. The van der Waals surface area contributed by atoms with Gasteiger partial charge in [-0.05, 0) is 60.5 Å². The summed E-state index contributed by atoms with van der Waals surface area (Å²) < 4.78 is 5.77. The molecule has 1 amide bonds. The highest BCUT2D eigenvalue weighted by molar-refractivity contribution is 5.85. The molecule has 2 bridgehead atoms. The third-order valence-electron chi connectivity index (χ3n) is 6.69. The zero-order valence-corrected chi connectivity index (χ0v) is 16.2. The normalized spacial score (nSPS) is 37.6. The van der Waals surface area contributed by atoms with E-state index >= 15 is 0 Å². The summed E-state index contributed by atoms with van der Waals surface area (Å²) in [4.78, 5) is 28.6. The number of fused-ring (bicyclic) bond motifs is 1. The second kappa shape index (κ2) is 6.22. The van der Waals surface area contributed by atoms with E-state index in [0.29, 0.717) is 25.3 Å². The first-order valence-corrected chi connectivity index (χ1v) is 9.96. The lowest BCUT2D eigenvalue weighted by Gasteiger charge is -2.46. The molecule has 3 aliphatic heterocycles. The van der Waals surface area contributed by atoms with Gasteiger partial charge in [0.2, 0.25) is 5.91 Å². The average Bonchev–Trinajstić information content (AvgIpc) is 3.37. The predicted molar refractivity (Wildman–Crippen MR) is 105 cm³/mol. The number of nitrogens with two attached hydrogens (primary N) is 1. The molecule has 4 heterocycles. The Balaban J connectivity index is 1.67. The molecule has 5 atom stereocenters. The van der Waals surface area contributed by atoms with Crippen molar-refractivity contribution >= 4 is 5.91 Å². The third kappa shape index (κ3) is 2.39. The molecule has 3 N–H and O–H groups in total. The number of hydrogen-bond acceptors (Lipinski definition) is 7. The van der Waals surface area contributed by atoms with Crippen molar-refractivity contribution in [2.75, 3.05) is 13.1 Å². The van der Waals surface area contributed by atoms with Gasteiger partial charge in [0, 0.05) is 25.6 Å². The van der Waals surface area contributed by atoms with Gasteiger partial charge in [0.15, 0.2) is 0 Å². The van der Waals surface area contributed by atoms with Crippen molar-refractivity contribution in [1.82, 2.24) is 9.80 Å². The number of piperazine rings is 1. The maximum Gasteiger partial charge on any atom is 0.240 e. The second-order valence-corrected chi connectivity index (χ2v) is 8.50. The molecule has 4 aliphatic rings. The molecule has 3 unspecified atom stereocenters. The topological polar surface area (TPSA) is 112 Å². The highest BCUT2D eigenvalue weighted by atomic mass is 16.3. The van der Waals surface area contributed by atoms with E-state index in [0.717, 1.165) is 5.57 Å². The van der Waals surface area contributed by atoms with Gasteiger partial charge in [-0.15, -0.1) is 4.91 Å². The molecular formula is C21H24N4O4. The van der Waals surface area contributed by atoms with Gasteiger partial charge in [-0.1, -0.05) is 0 Å². The minimum atomic E-state index is -1.41. The van der Waals surface area contributed by atoms with Crippen LogP contribution in [0.2, 0.25) is 0 Å². The highest BCUT2D eigenvalue weighted by Gasteiger charge is 2.70. The van der Waals surface area contributed by atoms with Crippen LogP contribution in [0.1, 0.15) is 25.5 Å². The second-order valence-electron chi connectivity index (χ2n) is 8.50. The molecule has 1 aliphatic carbocycles. The van der Waals surface area contributed by atoms with Crippen molar-refractivity contribution in [3.63, 3.8) is 0 Å². The van der Waals surface area contributed by atoms with Crippen LogP contribution in [-0.4, -0.2) is 57.6 Å². The van der Waals surface area contributed by atoms with Crippen molar-refractivity contribution in [3.05, 3.63) is 64.6 Å². The van der Waals surface area contributed by atoms with Gasteiger partial charge in [-0.3, -0.25) is 9.69 Å². The molecule has 0 radical (unpaired) electrons. The van der Waals surface area contributed by atoms with E-state index in [4.69, 9.17) is 10.2 Å². The van der Waals surface area contributed by atoms with Crippen LogP contribution in [0, 0.1) is 4.91 Å². The summed E-state index contributed by atoms with van der Waals surface area (Å²) in [7, 11) is 0. The maximum atomic E-state index is 13.4. The van der Waals surface area contributed by atoms with Crippen LogP contribution in [0.4, 0.5) is 0 Å². The Morgan fingerprint density at radius 2 is 2.28 bits per heavy atom. The van der Waals surface area contributed by atoms with Crippen LogP contribution in [0.15, 0.2) is 63.6 Å². The Morgan fingerprint density at radius 1 is 1.45 bits per heavy atom. The van der Waals surface area contributed by atoms with Gasteiger partial charge in [0.25, 0.3) is 0 Å². The average molecular weight is 396 g/mol. The summed E-state index contributed by atoms with van der Waals surface area (Å²) in [5.74, 6) is 0.579. The van der Waals surface area contributed by atoms with Crippen LogP contribution in [0.5, 0.6) is 0 Å². The third-order valence-corrected chi connectivity index (χ3v) is 6.69. The summed E-state index contributed by atoms with van der Waals surface area (Å²) in [5.41, 5.74) is 4.62. The SMILES string of the molecule is CC(N)CCN1C[C@H]2C3=CC4(c5ccco5)N2[C@@H](CC4(O)/C=C\C(N=O)=C3)C1=O. The number of furan rings is 1. The lowest BCUT2D eigenvalue weighted by molar-refractivity contribution is -0.144. The molecule has 0 spiro atoms. The molecule has 8 heteroatoms. The molecule has 2 fully saturated rings. The fourth-order valence-corrected chi connectivity index (χ4v) is 5.39. The van der Waals surface area contributed by atoms with Gasteiger partial charge >= 0.3 is 0 Å². The Hall–Kier alpha value is -2.55. The minimum absolute atomic E-state index is 0.00454. The van der Waals surface area contributed by atoms with Gasteiger partial charge < -0.3 is 20.2 Å². The van der Waals surface area contributed by atoms with Gasteiger partial charge in [0.1, 0.15) is 22.6 Å². The van der Waals surface area contributed by atoms with Crippen LogP contribution in [0.25, 0.3) is 0 Å². The number of carbonyl (C=O) groups is 1. The first-order valence-electron chi connectivity index (χ1n) is 9.96. The standard InChI is InChI=1S/C21H24N4O4/c1-13(22)5-7-24-12-17-14-9-15(23-28)4-6-20(27)11-16(19(24)26)25(17)21(20,10-14)18-3-2-8-29-18/h2-4,6,8-10,13,16-17,27H,5,7,11-12,22H2,1H3/b6-4-,15-9?/t13?,16-,17-,20?,21?/m0/s1. The molecular weight excluding hydrogens is 372 g/mol. The van der Waals surface area contributed by atoms with Crippen molar-refractivity contribution in [2.24, 2.45) is 10.9 Å². The Morgan fingerprint density at radius 3 is 2.97 bits per heavy atom. The quantitative estimate of drug-likeness (QED) is 0.728. The zero-order chi connectivity index (χ0) is 20.4. The van der Waals surface area contributed by atoms with E-state index in [9.17, 15) is 14.8 Å². The number of allylic oxidation sites excluding steroid dienone is 1. The summed E-state index contributed by atoms with van der Waals surface area (Å²) >= 11 is 0. The molecule has 0 saturated carbocycles. The molecule has 2 saturated heterocycles. The van der Waals surface area contributed by atoms with E-state index in [-0.39, 0.29) is 30.1 Å². The molecule has 1 aromatic rings. The van der Waals surface area contributed by atoms with E-state index in [2.05, 4.69) is 10.1 Å². The predicted octanol–water partition coefficient (Wildman–Crippen LogP) is 1.39. The van der Waals surface area contributed by atoms with E-state index in [1.165, 1.54) is 0 Å². The number of carbonyl (C=O) groups excluding carboxylic acids is 1. The minimum Gasteiger partial charge on any atom is -0.467 e. The first kappa shape index (κ1) is 18.5. The van der Waals surface area contributed by atoms with Crippen LogP contribution < -0.4 is 5.73 Å². The van der Waals surface area contributed by atoms with Gasteiger partial charge in [0.05, 0.1) is 18.3 Å². The number of nitroso groups, excluding NO2 is 1. The molecule has 5 rings (SSSR count). The number of aliphatic hydroxyl groups is 1. The lowest BCUT2D eigenvalue weighted by Crippen LogP contribution is -2.62. The van der Waals surface area contributed by atoms with E-state index in [1.54, 1.807) is 30.6 Å². The Bertz CT molecular complexity index is 950. The highest BCUT2D eigenvalue weighted by Crippen LogP contribution is 2.59. The largest absolute Gasteiger partial charge is 0.467 e. The Labute approximate surface area is 168 Å². The molecule has 152 valence electrons. The van der Waals surface area contributed by atoms with Crippen molar-refractivity contribution in [3.8, 4) is 0 Å². The smallest absolute Gasteiger partial charge is 0.240 e. The van der Waals surface area contributed by atoms with Crippen LogP contribution in [-0.2, 0) is 10.3 Å². The van der Waals surface area contributed by atoms with Gasteiger partial charge in [-0.2, -0.15) is 0 Å². The summed E-state index contributed by atoms with van der Waals surface area (Å²) in [5, 5.41) is 14.9. The van der Waals surface area contributed by atoms with E-state index in [1.807, 2.05) is 24.0 Å². The summed E-state index contributed by atoms with van der Waals surface area (Å²) in [6.07, 6.45) is 9.32. The number of hydrogen-bond donors (Lipinski definition) is 2. The van der Waals surface area contributed by atoms with Crippen molar-refractivity contribution < 1.29 is 14.3 Å². The van der Waals surface area contributed by atoms with E-state index < -0.39 is 17.2 Å². The molecule has 0 aromatic carbocycles. The monoisotopic (exact) mass is 396 g/mol. The summed E-state index contributed by atoms with van der Waals surface area (Å²) in [6.45, 7) is 2.95. The number of nitrogens with zero attached hydrogens (tertiary/aromatic N) is 3. The van der Waals surface area contributed by atoms with Crippen molar-refractivity contribution in [1.29, 1.82) is 0 Å². The fourth-order valence-electron chi connectivity index (χ4n) is 5.39. The molecule has 1 aromatic heterocycles. The first-order chi connectivity index (χ1) is 13.9. The van der Waals surface area contributed by atoms with Gasteiger partial charge in [-0.25, -0.2) is 0 Å². The van der Waals surface area contributed by atoms with Crippen molar-refractivity contribution in [2.45, 2.75) is 49.0 Å². The number of amides is 1. The number of rotatable bonds is 5. The maximum absolute atomic E-state index is 13.4. The molecule has 29 heavy (non-hydrogen) atoms. The zero-order valence-electron chi connectivity index (χ0n) is 16.2. The lowest BCUT2D eigenvalue weighted by atomic mass is 9.77. The summed E-state index contributed by atoms with van der Waals surface area (Å²) in [6, 6.07) is 2.95. The molecule has 8 nitrogen and oxygen atoms in total. The van der Waals surface area contributed by atoms with Crippen LogP contribution in [0.3, 0.4) is 0 Å². The Kier molecular flexibility index (Phi) is 3.96. The van der Waals surface area contributed by atoms with Crippen LogP contribution >= 0.6 is 0 Å².